The zero-order valence-corrected chi connectivity index (χ0v) is 14.9. The molecule has 3 aromatic rings. The van der Waals surface area contributed by atoms with Crippen molar-refractivity contribution in [2.45, 2.75) is 37.5 Å². The van der Waals surface area contributed by atoms with E-state index in [2.05, 4.69) is 25.9 Å². The number of anilines is 2. The minimum atomic E-state index is -0.909. The summed E-state index contributed by atoms with van der Waals surface area (Å²) >= 11 is 0. The van der Waals surface area contributed by atoms with E-state index in [0.717, 1.165) is 22.9 Å². The molecule has 0 bridgehead atoms. The Hall–Kier alpha value is -2.74. The molecule has 0 aromatic carbocycles. The van der Waals surface area contributed by atoms with E-state index in [-0.39, 0.29) is 6.04 Å². The second kappa shape index (κ2) is 6.77. The average Bonchev–Trinajstić information content (AvgIpc) is 3.24. The van der Waals surface area contributed by atoms with Gasteiger partial charge in [-0.3, -0.25) is 0 Å². The van der Waals surface area contributed by atoms with Gasteiger partial charge in [0.15, 0.2) is 5.65 Å². The maximum absolute atomic E-state index is 13.9. The molecule has 0 unspecified atom stereocenters. The van der Waals surface area contributed by atoms with Crippen LogP contribution in [-0.2, 0) is 0 Å². The third kappa shape index (κ3) is 3.21. The molecule has 1 saturated carbocycles. The van der Waals surface area contributed by atoms with E-state index < -0.39 is 6.17 Å². The van der Waals surface area contributed by atoms with Crippen molar-refractivity contribution >= 4 is 17.3 Å². The first-order valence-corrected chi connectivity index (χ1v) is 9.46. The Labute approximate surface area is 156 Å². The second-order valence-corrected chi connectivity index (χ2v) is 7.24. The van der Waals surface area contributed by atoms with Crippen LogP contribution in [0.15, 0.2) is 36.5 Å². The lowest BCUT2D eigenvalue weighted by molar-refractivity contribution is 0.342. The minimum Gasteiger partial charge on any atom is -0.366 e. The fourth-order valence-corrected chi connectivity index (χ4v) is 3.52. The van der Waals surface area contributed by atoms with Gasteiger partial charge in [0.25, 0.3) is 0 Å². The Balaban J connectivity index is 1.43. The zero-order valence-electron chi connectivity index (χ0n) is 14.9. The number of rotatable bonds is 5. The van der Waals surface area contributed by atoms with Crippen molar-refractivity contribution in [3.63, 3.8) is 0 Å². The maximum atomic E-state index is 13.9. The highest BCUT2D eigenvalue weighted by Gasteiger charge is 2.26. The summed E-state index contributed by atoms with van der Waals surface area (Å²) in [4.78, 5) is 9.09. The molecule has 4 heterocycles. The van der Waals surface area contributed by atoms with Gasteiger partial charge < -0.3 is 16.0 Å². The number of alkyl halides is 1. The summed E-state index contributed by atoms with van der Waals surface area (Å²) in [7, 11) is 0. The molecule has 140 valence electrons. The molecule has 0 amide bonds. The molecule has 1 aliphatic heterocycles. The first kappa shape index (κ1) is 16.4. The summed E-state index contributed by atoms with van der Waals surface area (Å²) < 4.78 is 15.7. The smallest absolute Gasteiger partial charge is 0.154 e. The fraction of sp³-hybridized carbons (Fsp3) is 0.421. The molecule has 0 radical (unpaired) electrons. The van der Waals surface area contributed by atoms with Crippen molar-refractivity contribution in [3.05, 3.63) is 36.5 Å². The summed E-state index contributed by atoms with van der Waals surface area (Å²) in [5.74, 6) is 1.50. The van der Waals surface area contributed by atoms with E-state index in [9.17, 15) is 4.39 Å². The van der Waals surface area contributed by atoms with Crippen molar-refractivity contribution in [1.82, 2.24) is 24.9 Å². The van der Waals surface area contributed by atoms with Gasteiger partial charge >= 0.3 is 0 Å². The number of hydrogen-bond donors (Lipinski definition) is 3. The quantitative estimate of drug-likeness (QED) is 0.643. The molecule has 2 aliphatic rings. The number of fused-ring (bicyclic) bond motifs is 1. The predicted molar refractivity (Wildman–Crippen MR) is 103 cm³/mol. The summed E-state index contributed by atoms with van der Waals surface area (Å²) in [6.45, 7) is 0.978. The van der Waals surface area contributed by atoms with Gasteiger partial charge in [-0.15, -0.1) is 5.10 Å². The lowest BCUT2D eigenvalue weighted by atomic mass is 9.93. The highest BCUT2D eigenvalue weighted by Crippen LogP contribution is 2.24. The number of nitrogens with one attached hydrogen (secondary N) is 3. The van der Waals surface area contributed by atoms with Crippen LogP contribution in [0.5, 0.6) is 0 Å². The zero-order chi connectivity index (χ0) is 18.2. The van der Waals surface area contributed by atoms with Crippen LogP contribution >= 0.6 is 0 Å². The Morgan fingerprint density at radius 1 is 1.07 bits per heavy atom. The van der Waals surface area contributed by atoms with E-state index in [1.165, 1.54) is 19.3 Å². The van der Waals surface area contributed by atoms with Crippen molar-refractivity contribution in [2.24, 2.45) is 0 Å². The van der Waals surface area contributed by atoms with Crippen molar-refractivity contribution in [2.75, 3.05) is 23.7 Å². The lowest BCUT2D eigenvalue weighted by Crippen LogP contribution is -2.29. The van der Waals surface area contributed by atoms with Crippen LogP contribution in [0.25, 0.3) is 17.0 Å². The number of pyridine rings is 1. The monoisotopic (exact) mass is 367 g/mol. The molecular weight excluding hydrogens is 345 g/mol. The minimum absolute atomic E-state index is 0.258. The first-order valence-electron chi connectivity index (χ1n) is 9.46. The molecule has 27 heavy (non-hydrogen) atoms. The molecule has 7 nitrogen and oxygen atoms in total. The molecule has 3 aromatic heterocycles. The standard InChI is InChI=1S/C19H22FN7/c20-13-9-21-10-15(13)25-17-6-2-5-14(24-17)16-11-22-19-8-7-18(26-27(16)19)23-12-3-1-4-12/h2,5-8,11-13,15,21H,1,3-4,9-10H2,(H,23,26)(H,24,25)/t13-,15-/m0/s1. The Morgan fingerprint density at radius 2 is 2.00 bits per heavy atom. The largest absolute Gasteiger partial charge is 0.366 e. The van der Waals surface area contributed by atoms with Crippen LogP contribution in [0.2, 0.25) is 0 Å². The van der Waals surface area contributed by atoms with Crippen molar-refractivity contribution in [1.29, 1.82) is 0 Å². The molecule has 1 aliphatic carbocycles. The van der Waals surface area contributed by atoms with Gasteiger partial charge in [0.1, 0.15) is 23.5 Å². The highest BCUT2D eigenvalue weighted by molar-refractivity contribution is 5.62. The van der Waals surface area contributed by atoms with E-state index >= 15 is 0 Å². The highest BCUT2D eigenvalue weighted by atomic mass is 19.1. The third-order valence-electron chi connectivity index (χ3n) is 5.30. The summed E-state index contributed by atoms with van der Waals surface area (Å²) in [6, 6.07) is 9.86. The molecule has 1 saturated heterocycles. The first-order chi connectivity index (χ1) is 13.3. The molecule has 0 spiro atoms. The van der Waals surface area contributed by atoms with Gasteiger partial charge in [-0.2, -0.15) is 0 Å². The Kier molecular flexibility index (Phi) is 4.12. The predicted octanol–water partition coefficient (Wildman–Crippen LogP) is 2.48. The average molecular weight is 367 g/mol. The van der Waals surface area contributed by atoms with Crippen molar-refractivity contribution < 1.29 is 4.39 Å². The molecular formula is C19H22FN7. The van der Waals surface area contributed by atoms with E-state index in [4.69, 9.17) is 5.10 Å². The van der Waals surface area contributed by atoms with E-state index in [1.54, 1.807) is 6.20 Å². The normalized spacial score (nSPS) is 22.7. The number of nitrogens with zero attached hydrogens (tertiary/aromatic N) is 4. The van der Waals surface area contributed by atoms with E-state index in [0.29, 0.717) is 24.9 Å². The van der Waals surface area contributed by atoms with Crippen LogP contribution in [0.3, 0.4) is 0 Å². The van der Waals surface area contributed by atoms with Gasteiger partial charge in [-0.25, -0.2) is 18.9 Å². The van der Waals surface area contributed by atoms with E-state index in [1.807, 2.05) is 34.8 Å². The second-order valence-electron chi connectivity index (χ2n) is 7.24. The van der Waals surface area contributed by atoms with Crippen molar-refractivity contribution in [3.8, 4) is 11.4 Å². The summed E-state index contributed by atoms with van der Waals surface area (Å²) in [5, 5.41) is 14.4. The Morgan fingerprint density at radius 3 is 2.78 bits per heavy atom. The maximum Gasteiger partial charge on any atom is 0.154 e. The number of aromatic nitrogens is 4. The topological polar surface area (TPSA) is 79.2 Å². The van der Waals surface area contributed by atoms with Gasteiger partial charge in [0.05, 0.1) is 17.9 Å². The third-order valence-corrected chi connectivity index (χ3v) is 5.30. The number of halogens is 1. The number of imidazole rings is 1. The Bertz CT molecular complexity index is 952. The van der Waals surface area contributed by atoms with Crippen LogP contribution in [0, 0.1) is 0 Å². The molecule has 5 rings (SSSR count). The summed E-state index contributed by atoms with van der Waals surface area (Å²) in [5.41, 5.74) is 2.34. The molecule has 2 atom stereocenters. The lowest BCUT2D eigenvalue weighted by Gasteiger charge is -2.26. The van der Waals surface area contributed by atoms with Crippen LogP contribution < -0.4 is 16.0 Å². The van der Waals surface area contributed by atoms with Crippen LogP contribution in [0.1, 0.15) is 19.3 Å². The molecule has 3 N–H and O–H groups in total. The molecule has 2 fully saturated rings. The number of hydrogen-bond acceptors (Lipinski definition) is 6. The summed E-state index contributed by atoms with van der Waals surface area (Å²) in [6.07, 6.45) is 4.52. The van der Waals surface area contributed by atoms with Gasteiger partial charge in [0, 0.05) is 19.1 Å². The fourth-order valence-electron chi connectivity index (χ4n) is 3.52. The van der Waals surface area contributed by atoms with Crippen LogP contribution in [-0.4, -0.2) is 50.9 Å². The van der Waals surface area contributed by atoms with Gasteiger partial charge in [0.2, 0.25) is 0 Å². The van der Waals surface area contributed by atoms with Gasteiger partial charge in [-0.05, 0) is 43.5 Å². The van der Waals surface area contributed by atoms with Gasteiger partial charge in [-0.1, -0.05) is 6.07 Å². The SMILES string of the molecule is F[C@H]1CNC[C@@H]1Nc1cccc(-c2cnc3ccc(NC4CCC4)nn23)n1. The van der Waals surface area contributed by atoms with Crippen LogP contribution in [0.4, 0.5) is 16.0 Å². The molecule has 8 heteroatoms.